The molecule has 0 N–H and O–H groups in total. The van der Waals surface area contributed by atoms with Crippen LogP contribution in [0.2, 0.25) is 0 Å². The maximum absolute atomic E-state index is 5.95. The molecule has 0 aliphatic carbocycles. The molecule has 19 heavy (non-hydrogen) atoms. The van der Waals surface area contributed by atoms with Crippen LogP contribution in [0.25, 0.3) is 5.57 Å². The van der Waals surface area contributed by atoms with Crippen molar-refractivity contribution in [1.29, 1.82) is 0 Å². The number of allylic oxidation sites excluding steroid dienone is 1. The molecule has 0 amide bonds. The van der Waals surface area contributed by atoms with Gasteiger partial charge in [-0.2, -0.15) is 0 Å². The van der Waals surface area contributed by atoms with Crippen LogP contribution in [0.4, 0.5) is 0 Å². The zero-order valence-electron chi connectivity index (χ0n) is 10.7. The second-order valence-corrected chi connectivity index (χ2v) is 5.22. The zero-order valence-corrected chi connectivity index (χ0v) is 12.3. The minimum Gasteiger partial charge on any atom is -0.497 e. The van der Waals surface area contributed by atoms with Crippen LogP contribution in [-0.4, -0.2) is 7.11 Å². The summed E-state index contributed by atoms with van der Waals surface area (Å²) in [5, 5.41) is 0. The predicted molar refractivity (Wildman–Crippen MR) is 80.0 cm³/mol. The fourth-order valence-corrected chi connectivity index (χ4v) is 2.67. The van der Waals surface area contributed by atoms with Gasteiger partial charge in [0.05, 0.1) is 7.11 Å². The van der Waals surface area contributed by atoms with Crippen molar-refractivity contribution in [3.8, 4) is 17.2 Å². The van der Waals surface area contributed by atoms with Gasteiger partial charge in [0.25, 0.3) is 0 Å². The number of methoxy groups -OCH3 is 1. The topological polar surface area (TPSA) is 18.5 Å². The van der Waals surface area contributed by atoms with Gasteiger partial charge in [-0.15, -0.1) is 0 Å². The van der Waals surface area contributed by atoms with Crippen molar-refractivity contribution in [1.82, 2.24) is 0 Å². The molecule has 2 aromatic carbocycles. The van der Waals surface area contributed by atoms with Crippen LogP contribution in [0, 0.1) is 0 Å². The Bertz CT molecular complexity index is 674. The summed E-state index contributed by atoms with van der Waals surface area (Å²) in [6.45, 7) is 2.04. The van der Waals surface area contributed by atoms with Crippen molar-refractivity contribution in [3.63, 3.8) is 0 Å². The highest BCUT2D eigenvalue weighted by molar-refractivity contribution is 9.10. The van der Waals surface area contributed by atoms with E-state index in [0.29, 0.717) is 0 Å². The maximum atomic E-state index is 5.95. The number of fused-ring (bicyclic) bond motifs is 2. The first kappa shape index (κ1) is 12.3. The highest BCUT2D eigenvalue weighted by Crippen LogP contribution is 2.45. The summed E-state index contributed by atoms with van der Waals surface area (Å²) in [5.74, 6) is 2.58. The smallest absolute Gasteiger partial charge is 0.135 e. The molecule has 0 radical (unpaired) electrons. The first-order chi connectivity index (χ1) is 9.22. The average Bonchev–Trinajstić information content (AvgIpc) is 2.44. The Hall–Kier alpha value is -1.74. The van der Waals surface area contributed by atoms with Crippen molar-refractivity contribution < 1.29 is 9.47 Å². The number of hydrogen-bond acceptors (Lipinski definition) is 2. The van der Waals surface area contributed by atoms with E-state index in [1.807, 2.05) is 37.3 Å². The fourth-order valence-electron chi connectivity index (χ4n) is 2.31. The quantitative estimate of drug-likeness (QED) is 0.628. The van der Waals surface area contributed by atoms with Crippen LogP contribution < -0.4 is 9.47 Å². The van der Waals surface area contributed by atoms with Gasteiger partial charge >= 0.3 is 0 Å². The number of benzene rings is 2. The molecule has 0 saturated heterocycles. The van der Waals surface area contributed by atoms with Crippen LogP contribution in [0.15, 0.2) is 46.9 Å². The molecule has 0 bridgehead atoms. The average molecular weight is 317 g/mol. The molecule has 1 heterocycles. The van der Waals surface area contributed by atoms with Crippen LogP contribution in [0.5, 0.6) is 17.2 Å². The number of hydrogen-bond donors (Lipinski definition) is 0. The molecule has 3 heteroatoms. The van der Waals surface area contributed by atoms with Gasteiger partial charge in [-0.3, -0.25) is 0 Å². The molecule has 1 aliphatic heterocycles. The lowest BCUT2D eigenvalue weighted by Crippen LogP contribution is -2.02. The summed E-state index contributed by atoms with van der Waals surface area (Å²) in [6.07, 6.45) is 2.10. The Balaban J connectivity index is 2.22. The highest BCUT2D eigenvalue weighted by Gasteiger charge is 2.22. The predicted octanol–water partition coefficient (Wildman–Crippen LogP) is 5.02. The monoisotopic (exact) mass is 316 g/mol. The van der Waals surface area contributed by atoms with Crippen LogP contribution in [0.1, 0.15) is 18.1 Å². The Kier molecular flexibility index (Phi) is 3.07. The first-order valence-electron chi connectivity index (χ1n) is 6.05. The van der Waals surface area contributed by atoms with E-state index >= 15 is 0 Å². The number of ether oxygens (including phenoxy) is 2. The second-order valence-electron chi connectivity index (χ2n) is 4.31. The molecule has 1 aliphatic rings. The Morgan fingerprint density at radius 2 is 1.74 bits per heavy atom. The summed E-state index contributed by atoms with van der Waals surface area (Å²) >= 11 is 3.51. The number of halogens is 1. The van der Waals surface area contributed by atoms with Crippen molar-refractivity contribution in [3.05, 3.63) is 58.1 Å². The van der Waals surface area contributed by atoms with Crippen molar-refractivity contribution in [2.75, 3.05) is 7.11 Å². The third kappa shape index (κ3) is 2.04. The molecule has 3 rings (SSSR count). The van der Waals surface area contributed by atoms with Crippen LogP contribution in [-0.2, 0) is 0 Å². The van der Waals surface area contributed by atoms with E-state index in [1.54, 1.807) is 7.11 Å². The standard InChI is InChI=1S/C16H13BrO2/c1-3-12-13-8-10(17)4-6-15(13)19-16-7-5-11(18-2)9-14(12)16/h3-9H,1-2H3/b12-3+. The van der Waals surface area contributed by atoms with E-state index in [9.17, 15) is 0 Å². The lowest BCUT2D eigenvalue weighted by atomic mass is 9.94. The lowest BCUT2D eigenvalue weighted by Gasteiger charge is -2.23. The van der Waals surface area contributed by atoms with Gasteiger partial charge in [-0.05, 0) is 48.9 Å². The first-order valence-corrected chi connectivity index (χ1v) is 6.84. The summed E-state index contributed by atoms with van der Waals surface area (Å²) in [5.41, 5.74) is 3.32. The maximum Gasteiger partial charge on any atom is 0.135 e. The van der Waals surface area contributed by atoms with Gasteiger partial charge < -0.3 is 9.47 Å². The van der Waals surface area contributed by atoms with E-state index in [4.69, 9.17) is 9.47 Å². The van der Waals surface area contributed by atoms with Gasteiger partial charge in [0.2, 0.25) is 0 Å². The Morgan fingerprint density at radius 1 is 1.05 bits per heavy atom. The third-order valence-corrected chi connectivity index (χ3v) is 3.71. The molecule has 96 valence electrons. The van der Waals surface area contributed by atoms with Gasteiger partial charge in [0.15, 0.2) is 0 Å². The lowest BCUT2D eigenvalue weighted by molar-refractivity contribution is 0.412. The molecule has 2 nitrogen and oxygen atoms in total. The Labute approximate surface area is 120 Å². The normalized spacial score (nSPS) is 14.6. The van der Waals surface area contributed by atoms with Gasteiger partial charge in [0, 0.05) is 15.6 Å². The van der Waals surface area contributed by atoms with E-state index in [0.717, 1.165) is 38.4 Å². The van der Waals surface area contributed by atoms with Gasteiger partial charge in [-0.1, -0.05) is 22.0 Å². The zero-order chi connectivity index (χ0) is 13.4. The van der Waals surface area contributed by atoms with Gasteiger partial charge in [0.1, 0.15) is 17.2 Å². The molecular weight excluding hydrogens is 304 g/mol. The summed E-state index contributed by atoms with van der Waals surface area (Å²) in [6, 6.07) is 11.9. The highest BCUT2D eigenvalue weighted by atomic mass is 79.9. The molecule has 0 atom stereocenters. The minimum atomic E-state index is 0.833. The minimum absolute atomic E-state index is 0.833. The third-order valence-electron chi connectivity index (χ3n) is 3.22. The van der Waals surface area contributed by atoms with Gasteiger partial charge in [-0.25, -0.2) is 0 Å². The molecule has 0 saturated carbocycles. The van der Waals surface area contributed by atoms with Crippen LogP contribution in [0.3, 0.4) is 0 Å². The number of rotatable bonds is 1. The fraction of sp³-hybridized carbons (Fsp3) is 0.125. The van der Waals surface area contributed by atoms with Crippen molar-refractivity contribution in [2.45, 2.75) is 6.92 Å². The molecule has 2 aromatic rings. The molecule has 0 aromatic heterocycles. The SMILES string of the molecule is C/C=C1\c2cc(Br)ccc2Oc2ccc(OC)cc21. The summed E-state index contributed by atoms with van der Waals surface area (Å²) in [7, 11) is 1.67. The van der Waals surface area contributed by atoms with Crippen LogP contribution >= 0.6 is 15.9 Å². The molecule has 0 unspecified atom stereocenters. The van der Waals surface area contributed by atoms with E-state index in [-0.39, 0.29) is 0 Å². The second kappa shape index (κ2) is 4.74. The van der Waals surface area contributed by atoms with Crippen molar-refractivity contribution >= 4 is 21.5 Å². The summed E-state index contributed by atoms with van der Waals surface area (Å²) < 4.78 is 12.3. The van der Waals surface area contributed by atoms with E-state index in [2.05, 4.69) is 28.1 Å². The molecule has 0 spiro atoms. The molecule has 0 fully saturated rings. The van der Waals surface area contributed by atoms with E-state index < -0.39 is 0 Å². The largest absolute Gasteiger partial charge is 0.497 e. The van der Waals surface area contributed by atoms with Crippen molar-refractivity contribution in [2.24, 2.45) is 0 Å². The van der Waals surface area contributed by atoms with E-state index in [1.165, 1.54) is 0 Å². The summed E-state index contributed by atoms with van der Waals surface area (Å²) in [4.78, 5) is 0. The molecular formula is C16H13BrO2. The Morgan fingerprint density at radius 3 is 2.42 bits per heavy atom.